The zero-order valence-electron chi connectivity index (χ0n) is 15.6. The largest absolute Gasteiger partial charge is 0.478 e. The van der Waals surface area contributed by atoms with E-state index in [1.807, 2.05) is 18.2 Å². The first-order chi connectivity index (χ1) is 14.1. The lowest BCUT2D eigenvalue weighted by atomic mass is 9.94. The Kier molecular flexibility index (Phi) is 5.39. The number of carboxylic acid groups (broad SMARTS) is 1. The van der Waals surface area contributed by atoms with Gasteiger partial charge in [-0.15, -0.1) is 0 Å². The molecule has 6 nitrogen and oxygen atoms in total. The Hall–Kier alpha value is -3.45. The average Bonchev–Trinajstić information content (AvgIpc) is 2.74. The molecule has 0 fully saturated rings. The molecule has 2 heterocycles. The maximum absolute atomic E-state index is 13.1. The SMILES string of the molecule is O=C(O)c1ccncc1NC[C@@H]1NCCc2cc(Oc3ccc(F)cc3)ccc21. The maximum atomic E-state index is 13.1. The first kappa shape index (κ1) is 18.9. The van der Waals surface area contributed by atoms with E-state index in [2.05, 4.69) is 15.6 Å². The molecule has 1 atom stereocenters. The molecular weight excluding hydrogens is 373 g/mol. The van der Waals surface area contributed by atoms with Crippen LogP contribution in [-0.2, 0) is 6.42 Å². The number of fused-ring (bicyclic) bond motifs is 1. The topological polar surface area (TPSA) is 83.5 Å². The molecule has 3 aromatic rings. The van der Waals surface area contributed by atoms with E-state index in [1.165, 1.54) is 36.2 Å². The first-order valence-corrected chi connectivity index (χ1v) is 9.31. The van der Waals surface area contributed by atoms with Gasteiger partial charge in [-0.05, 0) is 66.6 Å². The van der Waals surface area contributed by atoms with Crippen molar-refractivity contribution in [2.75, 3.05) is 18.4 Å². The standard InChI is InChI=1S/C22H20FN3O3/c23-15-1-3-16(4-2-15)29-17-5-6-18-14(11-17)7-10-25-21(18)13-26-20-12-24-9-8-19(20)22(27)28/h1-6,8-9,11-12,21,25-26H,7,10,13H2,(H,27,28)/t21-/m0/s1. The third-order valence-corrected chi connectivity index (χ3v) is 4.87. The molecule has 1 aliphatic rings. The number of carboxylic acids is 1. The van der Waals surface area contributed by atoms with E-state index in [0.29, 0.717) is 23.7 Å². The molecular formula is C22H20FN3O3. The number of pyridine rings is 1. The van der Waals surface area contributed by atoms with Crippen LogP contribution in [0.15, 0.2) is 60.9 Å². The summed E-state index contributed by atoms with van der Waals surface area (Å²) in [5, 5.41) is 16.0. The minimum absolute atomic E-state index is 0.0282. The number of nitrogens with zero attached hydrogens (tertiary/aromatic N) is 1. The van der Waals surface area contributed by atoms with Crippen LogP contribution in [0.1, 0.15) is 27.5 Å². The summed E-state index contributed by atoms with van der Waals surface area (Å²) in [6.45, 7) is 1.33. The molecule has 0 radical (unpaired) electrons. The van der Waals surface area contributed by atoms with Gasteiger partial charge in [0.15, 0.2) is 0 Å². The smallest absolute Gasteiger partial charge is 0.337 e. The molecule has 3 N–H and O–H groups in total. The monoisotopic (exact) mass is 393 g/mol. The number of halogens is 1. The summed E-state index contributed by atoms with van der Waals surface area (Å²) in [4.78, 5) is 15.4. The van der Waals surface area contributed by atoms with Crippen molar-refractivity contribution in [2.45, 2.75) is 12.5 Å². The van der Waals surface area contributed by atoms with Crippen LogP contribution in [0.25, 0.3) is 0 Å². The van der Waals surface area contributed by atoms with Gasteiger partial charge in [0.1, 0.15) is 17.3 Å². The Morgan fingerprint density at radius 2 is 2.00 bits per heavy atom. The van der Waals surface area contributed by atoms with E-state index >= 15 is 0 Å². The maximum Gasteiger partial charge on any atom is 0.337 e. The molecule has 7 heteroatoms. The number of hydrogen-bond donors (Lipinski definition) is 3. The van der Waals surface area contributed by atoms with Crippen LogP contribution < -0.4 is 15.4 Å². The number of benzene rings is 2. The summed E-state index contributed by atoms with van der Waals surface area (Å²) in [5.74, 6) is -0.0148. The van der Waals surface area contributed by atoms with E-state index in [-0.39, 0.29) is 17.4 Å². The lowest BCUT2D eigenvalue weighted by Crippen LogP contribution is -2.34. The second kappa shape index (κ2) is 8.28. The average molecular weight is 393 g/mol. The summed E-state index contributed by atoms with van der Waals surface area (Å²) in [7, 11) is 0. The highest BCUT2D eigenvalue weighted by Gasteiger charge is 2.21. The molecule has 0 amide bonds. The minimum Gasteiger partial charge on any atom is -0.478 e. The zero-order chi connectivity index (χ0) is 20.2. The predicted molar refractivity (Wildman–Crippen MR) is 107 cm³/mol. The van der Waals surface area contributed by atoms with Crippen molar-refractivity contribution in [3.05, 3.63) is 83.4 Å². The molecule has 4 rings (SSSR count). The summed E-state index contributed by atoms with van der Waals surface area (Å²) >= 11 is 0. The Morgan fingerprint density at radius 1 is 1.21 bits per heavy atom. The van der Waals surface area contributed by atoms with E-state index in [9.17, 15) is 14.3 Å². The van der Waals surface area contributed by atoms with Crippen LogP contribution in [0.3, 0.4) is 0 Å². The lowest BCUT2D eigenvalue weighted by molar-refractivity contribution is 0.0697. The predicted octanol–water partition coefficient (Wildman–Crippen LogP) is 4.01. The molecule has 0 spiro atoms. The summed E-state index contributed by atoms with van der Waals surface area (Å²) in [6, 6.07) is 13.3. The molecule has 148 valence electrons. The molecule has 0 saturated heterocycles. The van der Waals surface area contributed by atoms with Gasteiger partial charge in [-0.25, -0.2) is 9.18 Å². The van der Waals surface area contributed by atoms with Crippen LogP contribution in [0.4, 0.5) is 10.1 Å². The van der Waals surface area contributed by atoms with Gasteiger partial charge < -0.3 is 20.5 Å². The van der Waals surface area contributed by atoms with Gasteiger partial charge in [-0.2, -0.15) is 0 Å². The summed E-state index contributed by atoms with van der Waals surface area (Å²) < 4.78 is 18.9. The van der Waals surface area contributed by atoms with Crippen molar-refractivity contribution < 1.29 is 19.0 Å². The third kappa shape index (κ3) is 4.35. The fourth-order valence-corrected chi connectivity index (χ4v) is 3.45. The number of ether oxygens (including phenoxy) is 1. The van der Waals surface area contributed by atoms with Gasteiger partial charge in [0.05, 0.1) is 17.4 Å². The van der Waals surface area contributed by atoms with E-state index in [0.717, 1.165) is 18.5 Å². The number of carbonyl (C=O) groups is 1. The van der Waals surface area contributed by atoms with Crippen LogP contribution in [-0.4, -0.2) is 29.1 Å². The Labute approximate surface area is 167 Å². The molecule has 2 aromatic carbocycles. The Bertz CT molecular complexity index is 1020. The van der Waals surface area contributed by atoms with Gasteiger partial charge in [0.25, 0.3) is 0 Å². The lowest BCUT2D eigenvalue weighted by Gasteiger charge is -2.28. The second-order valence-corrected chi connectivity index (χ2v) is 6.78. The van der Waals surface area contributed by atoms with Gasteiger partial charge in [0.2, 0.25) is 0 Å². The van der Waals surface area contributed by atoms with E-state index in [1.54, 1.807) is 12.1 Å². The van der Waals surface area contributed by atoms with Crippen LogP contribution >= 0.6 is 0 Å². The first-order valence-electron chi connectivity index (χ1n) is 9.31. The normalized spacial score (nSPS) is 15.4. The quantitative estimate of drug-likeness (QED) is 0.587. The minimum atomic E-state index is -0.991. The molecule has 0 aliphatic carbocycles. The highest BCUT2D eigenvalue weighted by Crippen LogP contribution is 2.30. The third-order valence-electron chi connectivity index (χ3n) is 4.87. The van der Waals surface area contributed by atoms with Gasteiger partial charge in [-0.3, -0.25) is 4.98 Å². The molecule has 1 aliphatic heterocycles. The molecule has 29 heavy (non-hydrogen) atoms. The summed E-state index contributed by atoms with van der Waals surface area (Å²) in [5.41, 5.74) is 2.99. The number of hydrogen-bond acceptors (Lipinski definition) is 5. The number of aromatic carboxylic acids is 1. The second-order valence-electron chi connectivity index (χ2n) is 6.78. The van der Waals surface area contributed by atoms with Crippen LogP contribution in [0.5, 0.6) is 11.5 Å². The molecule has 0 bridgehead atoms. The van der Waals surface area contributed by atoms with E-state index in [4.69, 9.17) is 4.74 Å². The van der Waals surface area contributed by atoms with Crippen molar-refractivity contribution in [1.29, 1.82) is 0 Å². The number of nitrogens with one attached hydrogen (secondary N) is 2. The van der Waals surface area contributed by atoms with Gasteiger partial charge in [0, 0.05) is 18.8 Å². The molecule has 0 saturated carbocycles. The number of aromatic nitrogens is 1. The van der Waals surface area contributed by atoms with Crippen LogP contribution in [0.2, 0.25) is 0 Å². The number of rotatable bonds is 6. The van der Waals surface area contributed by atoms with Gasteiger partial charge in [-0.1, -0.05) is 6.07 Å². The fourth-order valence-electron chi connectivity index (χ4n) is 3.45. The molecule has 0 unspecified atom stereocenters. The summed E-state index contributed by atoms with van der Waals surface area (Å²) in [6.07, 6.45) is 3.85. The molecule has 1 aromatic heterocycles. The number of anilines is 1. The van der Waals surface area contributed by atoms with Crippen LogP contribution in [0, 0.1) is 5.82 Å². The van der Waals surface area contributed by atoms with Crippen molar-refractivity contribution >= 4 is 11.7 Å². The highest BCUT2D eigenvalue weighted by atomic mass is 19.1. The van der Waals surface area contributed by atoms with Crippen molar-refractivity contribution in [3.8, 4) is 11.5 Å². The van der Waals surface area contributed by atoms with Crippen molar-refractivity contribution in [3.63, 3.8) is 0 Å². The van der Waals surface area contributed by atoms with E-state index < -0.39 is 5.97 Å². The Balaban J connectivity index is 1.48. The zero-order valence-corrected chi connectivity index (χ0v) is 15.6. The Morgan fingerprint density at radius 3 is 2.79 bits per heavy atom. The fraction of sp³-hybridized carbons (Fsp3) is 0.182. The van der Waals surface area contributed by atoms with Crippen molar-refractivity contribution in [1.82, 2.24) is 10.3 Å². The van der Waals surface area contributed by atoms with Gasteiger partial charge >= 0.3 is 5.97 Å². The highest BCUT2D eigenvalue weighted by molar-refractivity contribution is 5.93. The van der Waals surface area contributed by atoms with Crippen molar-refractivity contribution in [2.24, 2.45) is 0 Å².